The third kappa shape index (κ3) is 3.20. The first-order valence-corrected chi connectivity index (χ1v) is 6.47. The highest BCUT2D eigenvalue weighted by Crippen LogP contribution is 2.20. The Kier molecular flexibility index (Phi) is 4.00. The van der Waals surface area contributed by atoms with Gasteiger partial charge in [-0.1, -0.05) is 24.3 Å². The SMILES string of the molecule is Cc1ccc(C(C)NC(=O)C2C=CC(N)C2)cc1F. The number of carbonyl (C=O) groups excluding carboxylic acids is 1. The highest BCUT2D eigenvalue weighted by Gasteiger charge is 2.24. The van der Waals surface area contributed by atoms with E-state index in [1.54, 1.807) is 13.0 Å². The Morgan fingerprint density at radius 2 is 2.21 bits per heavy atom. The van der Waals surface area contributed by atoms with E-state index >= 15 is 0 Å². The molecule has 3 unspecified atom stereocenters. The molecule has 1 aromatic rings. The fourth-order valence-electron chi connectivity index (χ4n) is 2.20. The Morgan fingerprint density at radius 3 is 2.79 bits per heavy atom. The van der Waals surface area contributed by atoms with Crippen LogP contribution in [0.4, 0.5) is 4.39 Å². The molecule has 2 rings (SSSR count). The lowest BCUT2D eigenvalue weighted by Gasteiger charge is -2.17. The molecule has 19 heavy (non-hydrogen) atoms. The molecule has 0 aromatic heterocycles. The van der Waals surface area contributed by atoms with Gasteiger partial charge in [0, 0.05) is 6.04 Å². The molecule has 1 aromatic carbocycles. The normalized spacial score (nSPS) is 23.4. The van der Waals surface area contributed by atoms with Gasteiger partial charge in [-0.25, -0.2) is 4.39 Å². The first kappa shape index (κ1) is 13.7. The molecule has 0 aliphatic heterocycles. The maximum Gasteiger partial charge on any atom is 0.227 e. The number of aryl methyl sites for hydroxylation is 1. The number of hydrogen-bond donors (Lipinski definition) is 2. The van der Waals surface area contributed by atoms with Crippen LogP contribution in [-0.2, 0) is 4.79 Å². The van der Waals surface area contributed by atoms with E-state index in [1.165, 1.54) is 6.07 Å². The van der Waals surface area contributed by atoms with E-state index < -0.39 is 0 Å². The lowest BCUT2D eigenvalue weighted by atomic mass is 10.0. The molecule has 4 heteroatoms. The van der Waals surface area contributed by atoms with Crippen LogP contribution in [0.5, 0.6) is 0 Å². The number of halogens is 1. The van der Waals surface area contributed by atoms with Crippen LogP contribution in [0.2, 0.25) is 0 Å². The van der Waals surface area contributed by atoms with Gasteiger partial charge in [0.25, 0.3) is 0 Å². The second-order valence-corrected chi connectivity index (χ2v) is 5.13. The number of carbonyl (C=O) groups is 1. The van der Waals surface area contributed by atoms with Gasteiger partial charge in [0.2, 0.25) is 5.91 Å². The van der Waals surface area contributed by atoms with Gasteiger partial charge in [-0.05, 0) is 37.5 Å². The van der Waals surface area contributed by atoms with Crippen LogP contribution in [0.3, 0.4) is 0 Å². The highest BCUT2D eigenvalue weighted by molar-refractivity contribution is 5.81. The molecule has 0 spiro atoms. The Bertz CT molecular complexity index is 513. The van der Waals surface area contributed by atoms with Crippen molar-refractivity contribution in [2.75, 3.05) is 0 Å². The van der Waals surface area contributed by atoms with Crippen molar-refractivity contribution >= 4 is 5.91 Å². The fourth-order valence-corrected chi connectivity index (χ4v) is 2.20. The van der Waals surface area contributed by atoms with Gasteiger partial charge in [0.05, 0.1) is 12.0 Å². The molecule has 3 N–H and O–H groups in total. The maximum absolute atomic E-state index is 13.5. The van der Waals surface area contributed by atoms with Crippen LogP contribution in [-0.4, -0.2) is 11.9 Å². The van der Waals surface area contributed by atoms with Crippen molar-refractivity contribution in [3.63, 3.8) is 0 Å². The molecular weight excluding hydrogens is 243 g/mol. The zero-order valence-electron chi connectivity index (χ0n) is 11.2. The molecule has 0 bridgehead atoms. The summed E-state index contributed by atoms with van der Waals surface area (Å²) < 4.78 is 13.5. The third-order valence-corrected chi connectivity index (χ3v) is 3.51. The van der Waals surface area contributed by atoms with Gasteiger partial charge in [0.15, 0.2) is 0 Å². The molecule has 0 saturated carbocycles. The number of rotatable bonds is 3. The van der Waals surface area contributed by atoms with Crippen molar-refractivity contribution in [3.05, 3.63) is 47.3 Å². The van der Waals surface area contributed by atoms with Crippen LogP contribution in [0, 0.1) is 18.7 Å². The van der Waals surface area contributed by atoms with E-state index in [0.717, 1.165) is 5.56 Å². The van der Waals surface area contributed by atoms with E-state index in [0.29, 0.717) is 12.0 Å². The molecule has 1 aliphatic rings. The first-order chi connectivity index (χ1) is 8.97. The molecule has 0 fully saturated rings. The molecule has 3 nitrogen and oxygen atoms in total. The Hall–Kier alpha value is -1.68. The number of amides is 1. The third-order valence-electron chi connectivity index (χ3n) is 3.51. The zero-order valence-corrected chi connectivity index (χ0v) is 11.2. The van der Waals surface area contributed by atoms with E-state index in [-0.39, 0.29) is 29.7 Å². The minimum atomic E-state index is -0.249. The number of hydrogen-bond acceptors (Lipinski definition) is 2. The molecular formula is C15H19FN2O. The van der Waals surface area contributed by atoms with Crippen molar-refractivity contribution < 1.29 is 9.18 Å². The lowest BCUT2D eigenvalue weighted by molar-refractivity contribution is -0.124. The van der Waals surface area contributed by atoms with Crippen molar-refractivity contribution in [1.29, 1.82) is 0 Å². The van der Waals surface area contributed by atoms with Gasteiger partial charge in [0.1, 0.15) is 5.82 Å². The summed E-state index contributed by atoms with van der Waals surface area (Å²) in [7, 11) is 0. The van der Waals surface area contributed by atoms with Gasteiger partial charge < -0.3 is 11.1 Å². The Morgan fingerprint density at radius 1 is 1.47 bits per heavy atom. The summed E-state index contributed by atoms with van der Waals surface area (Å²) in [5, 5.41) is 2.89. The smallest absolute Gasteiger partial charge is 0.227 e. The predicted molar refractivity (Wildman–Crippen MR) is 72.9 cm³/mol. The summed E-state index contributed by atoms with van der Waals surface area (Å²) >= 11 is 0. The van der Waals surface area contributed by atoms with Crippen molar-refractivity contribution in [2.45, 2.75) is 32.4 Å². The van der Waals surface area contributed by atoms with Crippen LogP contribution >= 0.6 is 0 Å². The summed E-state index contributed by atoms with van der Waals surface area (Å²) in [6.45, 7) is 3.56. The van der Waals surface area contributed by atoms with Gasteiger partial charge in [-0.2, -0.15) is 0 Å². The largest absolute Gasteiger partial charge is 0.349 e. The van der Waals surface area contributed by atoms with Crippen LogP contribution in [0.25, 0.3) is 0 Å². The molecule has 1 amide bonds. The topological polar surface area (TPSA) is 55.1 Å². The summed E-state index contributed by atoms with van der Waals surface area (Å²) in [5.74, 6) is -0.480. The van der Waals surface area contributed by atoms with Gasteiger partial charge in [-0.15, -0.1) is 0 Å². The highest BCUT2D eigenvalue weighted by atomic mass is 19.1. The molecule has 3 atom stereocenters. The number of benzene rings is 1. The number of nitrogens with one attached hydrogen (secondary N) is 1. The van der Waals surface area contributed by atoms with Crippen LogP contribution < -0.4 is 11.1 Å². The second-order valence-electron chi connectivity index (χ2n) is 5.13. The summed E-state index contributed by atoms with van der Waals surface area (Å²) in [6, 6.07) is 4.77. The van der Waals surface area contributed by atoms with E-state index in [4.69, 9.17) is 5.73 Å². The molecule has 0 saturated heterocycles. The number of nitrogens with two attached hydrogens (primary N) is 1. The van der Waals surface area contributed by atoms with Crippen LogP contribution in [0.1, 0.15) is 30.5 Å². The van der Waals surface area contributed by atoms with Crippen molar-refractivity contribution in [1.82, 2.24) is 5.32 Å². The standard InChI is InChI=1S/C15H19FN2O/c1-9-3-4-11(8-14(9)16)10(2)18-15(19)12-5-6-13(17)7-12/h3-6,8,10,12-13H,7,17H2,1-2H3,(H,18,19). The monoisotopic (exact) mass is 262 g/mol. The lowest BCUT2D eigenvalue weighted by Crippen LogP contribution is -2.32. The zero-order chi connectivity index (χ0) is 14.0. The Labute approximate surface area is 112 Å². The molecule has 1 aliphatic carbocycles. The minimum absolute atomic E-state index is 0.0390. The van der Waals surface area contributed by atoms with Gasteiger partial charge in [-0.3, -0.25) is 4.79 Å². The van der Waals surface area contributed by atoms with Crippen molar-refractivity contribution in [3.8, 4) is 0 Å². The summed E-state index contributed by atoms with van der Waals surface area (Å²) in [6.07, 6.45) is 4.32. The van der Waals surface area contributed by atoms with Crippen LogP contribution in [0.15, 0.2) is 30.4 Å². The van der Waals surface area contributed by atoms with Gasteiger partial charge >= 0.3 is 0 Å². The Balaban J connectivity index is 2.00. The summed E-state index contributed by atoms with van der Waals surface area (Å²) in [4.78, 5) is 12.0. The fraction of sp³-hybridized carbons (Fsp3) is 0.400. The van der Waals surface area contributed by atoms with E-state index in [1.807, 2.05) is 25.1 Å². The van der Waals surface area contributed by atoms with E-state index in [2.05, 4.69) is 5.32 Å². The molecule has 102 valence electrons. The van der Waals surface area contributed by atoms with E-state index in [9.17, 15) is 9.18 Å². The molecule has 0 heterocycles. The quantitative estimate of drug-likeness (QED) is 0.821. The first-order valence-electron chi connectivity index (χ1n) is 6.47. The molecule has 0 radical (unpaired) electrons. The average molecular weight is 262 g/mol. The second kappa shape index (κ2) is 5.53. The minimum Gasteiger partial charge on any atom is -0.349 e. The maximum atomic E-state index is 13.5. The van der Waals surface area contributed by atoms with Crippen molar-refractivity contribution in [2.24, 2.45) is 11.7 Å². The average Bonchev–Trinajstić information content (AvgIpc) is 2.79. The summed E-state index contributed by atoms with van der Waals surface area (Å²) in [5.41, 5.74) is 7.10. The predicted octanol–water partition coefficient (Wildman–Crippen LogP) is 2.21.